The molecule has 1 fully saturated rings. The first kappa shape index (κ1) is 12.1. The number of hydrogen-bond donors (Lipinski definition) is 1. The van der Waals surface area contributed by atoms with Crippen molar-refractivity contribution in [1.29, 1.82) is 0 Å². The summed E-state index contributed by atoms with van der Waals surface area (Å²) >= 11 is 1.93. The third-order valence-corrected chi connectivity index (χ3v) is 4.75. The van der Waals surface area contributed by atoms with Gasteiger partial charge in [0.15, 0.2) is 0 Å². The Morgan fingerprint density at radius 1 is 1.38 bits per heavy atom. The lowest BCUT2D eigenvalue weighted by molar-refractivity contribution is 0.676. The van der Waals surface area contributed by atoms with Crippen molar-refractivity contribution in [1.82, 2.24) is 10.3 Å². The van der Waals surface area contributed by atoms with Crippen molar-refractivity contribution in [3.05, 3.63) is 15.6 Å². The van der Waals surface area contributed by atoms with Crippen LogP contribution >= 0.6 is 11.3 Å². The lowest BCUT2D eigenvalue weighted by atomic mass is 10.1. The minimum Gasteiger partial charge on any atom is -0.312 e. The molecule has 0 atom stereocenters. The van der Waals surface area contributed by atoms with Crippen molar-refractivity contribution < 1.29 is 0 Å². The molecule has 3 heteroatoms. The van der Waals surface area contributed by atoms with Crippen LogP contribution in [0.3, 0.4) is 0 Å². The van der Waals surface area contributed by atoms with Gasteiger partial charge in [-0.1, -0.05) is 20.8 Å². The SMILES string of the molecule is CCCNCc1sc(C2(C)CC2)nc1CC. The molecule has 0 saturated heterocycles. The topological polar surface area (TPSA) is 24.9 Å². The first-order valence-corrected chi connectivity index (χ1v) is 7.21. The van der Waals surface area contributed by atoms with Crippen molar-refractivity contribution in [2.75, 3.05) is 6.54 Å². The van der Waals surface area contributed by atoms with Crippen molar-refractivity contribution in [2.45, 2.75) is 58.4 Å². The number of aryl methyl sites for hydroxylation is 1. The van der Waals surface area contributed by atoms with Crippen LogP contribution in [-0.4, -0.2) is 11.5 Å². The fourth-order valence-corrected chi connectivity index (χ4v) is 3.16. The van der Waals surface area contributed by atoms with Gasteiger partial charge in [0, 0.05) is 16.8 Å². The smallest absolute Gasteiger partial charge is 0.0990 e. The van der Waals surface area contributed by atoms with Crippen LogP contribution < -0.4 is 5.32 Å². The lowest BCUT2D eigenvalue weighted by Crippen LogP contribution is -2.13. The molecule has 2 rings (SSSR count). The van der Waals surface area contributed by atoms with E-state index in [4.69, 9.17) is 4.98 Å². The molecule has 16 heavy (non-hydrogen) atoms. The maximum absolute atomic E-state index is 4.82. The molecule has 2 nitrogen and oxygen atoms in total. The Kier molecular flexibility index (Phi) is 3.65. The standard InChI is InChI=1S/C13H22N2S/c1-4-8-14-9-11-10(5-2)15-12(16-11)13(3)6-7-13/h14H,4-9H2,1-3H3. The second-order valence-corrected chi connectivity index (χ2v) is 6.06. The molecule has 1 aliphatic carbocycles. The molecule has 1 aliphatic rings. The monoisotopic (exact) mass is 238 g/mol. The average Bonchev–Trinajstić information content (AvgIpc) is 2.89. The Morgan fingerprint density at radius 2 is 2.12 bits per heavy atom. The van der Waals surface area contributed by atoms with E-state index in [1.807, 2.05) is 11.3 Å². The van der Waals surface area contributed by atoms with Crippen LogP contribution in [0, 0.1) is 0 Å². The van der Waals surface area contributed by atoms with Crippen LogP contribution in [0.4, 0.5) is 0 Å². The number of thiazole rings is 1. The van der Waals surface area contributed by atoms with Gasteiger partial charge < -0.3 is 5.32 Å². The van der Waals surface area contributed by atoms with E-state index in [2.05, 4.69) is 26.1 Å². The zero-order valence-electron chi connectivity index (χ0n) is 10.6. The van der Waals surface area contributed by atoms with Gasteiger partial charge in [-0.3, -0.25) is 0 Å². The van der Waals surface area contributed by atoms with Crippen LogP contribution in [-0.2, 0) is 18.4 Å². The van der Waals surface area contributed by atoms with E-state index in [0.717, 1.165) is 19.5 Å². The highest BCUT2D eigenvalue weighted by molar-refractivity contribution is 7.12. The second kappa shape index (κ2) is 4.84. The average molecular weight is 238 g/mol. The predicted molar refractivity (Wildman–Crippen MR) is 70.1 cm³/mol. The van der Waals surface area contributed by atoms with Gasteiger partial charge in [0.2, 0.25) is 0 Å². The van der Waals surface area contributed by atoms with Crippen molar-refractivity contribution >= 4 is 11.3 Å². The van der Waals surface area contributed by atoms with Crippen molar-refractivity contribution in [2.24, 2.45) is 0 Å². The van der Waals surface area contributed by atoms with E-state index >= 15 is 0 Å². The summed E-state index contributed by atoms with van der Waals surface area (Å²) in [6.45, 7) is 8.86. The number of nitrogens with one attached hydrogen (secondary N) is 1. The Balaban J connectivity index is 2.07. The number of aromatic nitrogens is 1. The van der Waals surface area contributed by atoms with Crippen molar-refractivity contribution in [3.63, 3.8) is 0 Å². The van der Waals surface area contributed by atoms with E-state index in [-0.39, 0.29) is 0 Å². The largest absolute Gasteiger partial charge is 0.312 e. The van der Waals surface area contributed by atoms with E-state index in [1.165, 1.54) is 34.8 Å². The fraction of sp³-hybridized carbons (Fsp3) is 0.769. The summed E-state index contributed by atoms with van der Waals surface area (Å²) < 4.78 is 0. The van der Waals surface area contributed by atoms with Crippen LogP contribution in [0.1, 0.15) is 55.6 Å². The highest BCUT2D eigenvalue weighted by Crippen LogP contribution is 2.49. The second-order valence-electron chi connectivity index (χ2n) is 4.98. The molecule has 0 amide bonds. The molecule has 0 spiro atoms. The first-order valence-electron chi connectivity index (χ1n) is 6.39. The minimum absolute atomic E-state index is 0.428. The molecule has 1 aromatic rings. The van der Waals surface area contributed by atoms with E-state index in [0.29, 0.717) is 5.41 Å². The Bertz CT molecular complexity index is 353. The molecule has 0 aliphatic heterocycles. The summed E-state index contributed by atoms with van der Waals surface area (Å²) in [6.07, 6.45) is 4.91. The van der Waals surface area contributed by atoms with Crippen LogP contribution in [0.2, 0.25) is 0 Å². The minimum atomic E-state index is 0.428. The number of rotatable bonds is 6. The van der Waals surface area contributed by atoms with Gasteiger partial charge in [-0.05, 0) is 32.2 Å². The molecule has 90 valence electrons. The predicted octanol–water partition coefficient (Wildman–Crippen LogP) is 3.26. The maximum Gasteiger partial charge on any atom is 0.0990 e. The van der Waals surface area contributed by atoms with Crippen LogP contribution in [0.15, 0.2) is 0 Å². The quantitative estimate of drug-likeness (QED) is 0.770. The first-order chi connectivity index (χ1) is 7.69. The summed E-state index contributed by atoms with van der Waals surface area (Å²) in [4.78, 5) is 6.28. The summed E-state index contributed by atoms with van der Waals surface area (Å²) in [7, 11) is 0. The van der Waals surface area contributed by atoms with Gasteiger partial charge in [-0.2, -0.15) is 0 Å². The fourth-order valence-electron chi connectivity index (χ4n) is 1.84. The highest BCUT2D eigenvalue weighted by Gasteiger charge is 2.42. The number of hydrogen-bond acceptors (Lipinski definition) is 3. The third kappa shape index (κ3) is 2.46. The van der Waals surface area contributed by atoms with Gasteiger partial charge in [0.1, 0.15) is 0 Å². The zero-order chi connectivity index (χ0) is 11.6. The molecule has 1 saturated carbocycles. The zero-order valence-corrected chi connectivity index (χ0v) is 11.4. The van der Waals surface area contributed by atoms with Crippen LogP contribution in [0.5, 0.6) is 0 Å². The molecule has 1 aromatic heterocycles. The highest BCUT2D eigenvalue weighted by atomic mass is 32.1. The van der Waals surface area contributed by atoms with Gasteiger partial charge in [0.05, 0.1) is 10.7 Å². The molecule has 0 bridgehead atoms. The van der Waals surface area contributed by atoms with Gasteiger partial charge in [-0.15, -0.1) is 11.3 Å². The third-order valence-electron chi connectivity index (χ3n) is 3.34. The Hall–Kier alpha value is -0.410. The lowest BCUT2D eigenvalue weighted by Gasteiger charge is -2.01. The normalized spacial score (nSPS) is 17.7. The number of nitrogens with zero attached hydrogens (tertiary/aromatic N) is 1. The van der Waals surface area contributed by atoms with E-state index in [1.54, 1.807) is 0 Å². The summed E-state index contributed by atoms with van der Waals surface area (Å²) in [5.41, 5.74) is 1.74. The summed E-state index contributed by atoms with van der Waals surface area (Å²) in [6, 6.07) is 0. The van der Waals surface area contributed by atoms with Gasteiger partial charge in [0.25, 0.3) is 0 Å². The molecule has 1 N–H and O–H groups in total. The maximum atomic E-state index is 4.82. The van der Waals surface area contributed by atoms with Crippen LogP contribution in [0.25, 0.3) is 0 Å². The van der Waals surface area contributed by atoms with Gasteiger partial charge in [-0.25, -0.2) is 4.98 Å². The van der Waals surface area contributed by atoms with Crippen molar-refractivity contribution in [3.8, 4) is 0 Å². The van der Waals surface area contributed by atoms with Gasteiger partial charge >= 0.3 is 0 Å². The molecule has 0 aromatic carbocycles. The van der Waals surface area contributed by atoms with E-state index < -0.39 is 0 Å². The summed E-state index contributed by atoms with van der Waals surface area (Å²) in [5, 5.41) is 4.85. The molecule has 0 radical (unpaired) electrons. The molecular weight excluding hydrogens is 216 g/mol. The molecular formula is C13H22N2S. The van der Waals surface area contributed by atoms with E-state index in [9.17, 15) is 0 Å². The Morgan fingerprint density at radius 3 is 2.69 bits per heavy atom. The molecule has 0 unspecified atom stereocenters. The molecule has 1 heterocycles. The Labute approximate surface area is 102 Å². The summed E-state index contributed by atoms with van der Waals surface area (Å²) in [5.74, 6) is 0.